The van der Waals surface area contributed by atoms with E-state index in [-0.39, 0.29) is 0 Å². The lowest BCUT2D eigenvalue weighted by Crippen LogP contribution is -2.37. The van der Waals surface area contributed by atoms with E-state index >= 15 is 0 Å². The highest BCUT2D eigenvalue weighted by Crippen LogP contribution is 2.32. The number of aryl methyl sites for hydroxylation is 1. The summed E-state index contributed by atoms with van der Waals surface area (Å²) in [6.45, 7) is 6.15. The second kappa shape index (κ2) is 5.43. The molecule has 0 saturated carbocycles. The Morgan fingerprint density at radius 1 is 1.19 bits per heavy atom. The lowest BCUT2D eigenvalue weighted by atomic mass is 10.1. The van der Waals surface area contributed by atoms with E-state index in [2.05, 4.69) is 24.0 Å². The van der Waals surface area contributed by atoms with Crippen LogP contribution in [0, 0.1) is 6.92 Å². The molecule has 1 atom stereocenters. The van der Waals surface area contributed by atoms with E-state index in [4.69, 9.17) is 14.1 Å². The smallest absolute Gasteiger partial charge is 0.199 e. The van der Waals surface area contributed by atoms with E-state index in [0.29, 0.717) is 12.0 Å². The molecule has 2 aliphatic rings. The molecule has 112 valence electrons. The number of likely N-dealkylation sites (tertiary alicyclic amines) is 1. The van der Waals surface area contributed by atoms with Gasteiger partial charge in [0.1, 0.15) is 5.52 Å². The Hall–Kier alpha value is -1.39. The predicted octanol–water partition coefficient (Wildman–Crippen LogP) is 3.10. The molecule has 4 nitrogen and oxygen atoms in total. The molecule has 2 aromatic rings. The minimum Gasteiger partial charge on any atom is -0.440 e. The van der Waals surface area contributed by atoms with Gasteiger partial charge in [0.05, 0.1) is 0 Å². The topological polar surface area (TPSA) is 38.5 Å². The fourth-order valence-electron chi connectivity index (χ4n) is 3.60. The Labute approximate surface area is 125 Å². The molecule has 0 aliphatic carbocycles. The van der Waals surface area contributed by atoms with Crippen LogP contribution in [-0.2, 0) is 4.74 Å². The molecule has 21 heavy (non-hydrogen) atoms. The summed E-state index contributed by atoms with van der Waals surface area (Å²) in [4.78, 5) is 7.32. The first-order valence-corrected chi connectivity index (χ1v) is 7.98. The van der Waals surface area contributed by atoms with Crippen LogP contribution in [0.1, 0.15) is 36.6 Å². The Bertz CT molecular complexity index is 631. The standard InChI is InChI=1S/C17H22N2O2/c1-12-2-3-16-15(10-12)18-17(21-16)13-4-7-19(11-13)14-5-8-20-9-6-14/h2-3,10,13-14H,4-9,11H2,1H3. The van der Waals surface area contributed by atoms with E-state index in [1.165, 1.54) is 18.4 Å². The molecule has 4 heteroatoms. The van der Waals surface area contributed by atoms with Gasteiger partial charge in [0.15, 0.2) is 11.5 Å². The minimum atomic E-state index is 0.445. The maximum atomic E-state index is 5.98. The van der Waals surface area contributed by atoms with Crippen molar-refractivity contribution < 1.29 is 9.15 Å². The number of benzene rings is 1. The highest BCUT2D eigenvalue weighted by Gasteiger charge is 2.32. The van der Waals surface area contributed by atoms with Crippen LogP contribution in [0.5, 0.6) is 0 Å². The first-order valence-electron chi connectivity index (χ1n) is 7.98. The number of hydrogen-bond acceptors (Lipinski definition) is 4. The number of oxazole rings is 1. The molecular formula is C17H22N2O2. The Kier molecular flexibility index (Phi) is 3.43. The molecule has 1 aromatic carbocycles. The molecule has 2 saturated heterocycles. The molecule has 0 spiro atoms. The summed E-state index contributed by atoms with van der Waals surface area (Å²) in [5, 5.41) is 0. The number of fused-ring (bicyclic) bond motifs is 1. The van der Waals surface area contributed by atoms with Crippen LogP contribution in [0.4, 0.5) is 0 Å². The number of hydrogen-bond donors (Lipinski definition) is 0. The van der Waals surface area contributed by atoms with Crippen molar-refractivity contribution in [3.05, 3.63) is 29.7 Å². The Balaban J connectivity index is 1.50. The molecule has 3 heterocycles. The molecule has 0 amide bonds. The second-order valence-corrected chi connectivity index (χ2v) is 6.35. The molecule has 1 aromatic heterocycles. The summed E-state index contributed by atoms with van der Waals surface area (Å²) in [7, 11) is 0. The van der Waals surface area contributed by atoms with Crippen molar-refractivity contribution in [2.45, 2.75) is 38.1 Å². The van der Waals surface area contributed by atoms with Crippen LogP contribution in [0.2, 0.25) is 0 Å². The van der Waals surface area contributed by atoms with Gasteiger partial charge in [-0.15, -0.1) is 0 Å². The third-order valence-electron chi connectivity index (χ3n) is 4.84. The molecule has 0 radical (unpaired) electrons. The Morgan fingerprint density at radius 2 is 2.05 bits per heavy atom. The van der Waals surface area contributed by atoms with Crippen LogP contribution in [0.15, 0.2) is 22.6 Å². The van der Waals surface area contributed by atoms with Gasteiger partial charge in [0.2, 0.25) is 0 Å². The number of nitrogens with zero attached hydrogens (tertiary/aromatic N) is 2. The monoisotopic (exact) mass is 286 g/mol. The number of aromatic nitrogens is 1. The third kappa shape index (κ3) is 2.58. The van der Waals surface area contributed by atoms with E-state index in [1.54, 1.807) is 0 Å². The highest BCUT2D eigenvalue weighted by atomic mass is 16.5. The first-order chi connectivity index (χ1) is 10.3. The van der Waals surface area contributed by atoms with Crippen molar-refractivity contribution in [3.8, 4) is 0 Å². The van der Waals surface area contributed by atoms with Gasteiger partial charge in [0, 0.05) is 31.7 Å². The fourth-order valence-corrected chi connectivity index (χ4v) is 3.60. The number of ether oxygens (including phenoxy) is 1. The van der Waals surface area contributed by atoms with Crippen molar-refractivity contribution in [2.24, 2.45) is 0 Å². The summed E-state index contributed by atoms with van der Waals surface area (Å²) in [5.74, 6) is 1.37. The Morgan fingerprint density at radius 3 is 2.90 bits per heavy atom. The van der Waals surface area contributed by atoms with E-state index in [9.17, 15) is 0 Å². The van der Waals surface area contributed by atoms with Crippen LogP contribution >= 0.6 is 0 Å². The second-order valence-electron chi connectivity index (χ2n) is 6.35. The lowest BCUT2D eigenvalue weighted by Gasteiger charge is -2.30. The molecule has 4 rings (SSSR count). The number of rotatable bonds is 2. The molecule has 0 N–H and O–H groups in total. The molecule has 2 fully saturated rings. The molecule has 2 aliphatic heterocycles. The molecular weight excluding hydrogens is 264 g/mol. The first kappa shape index (κ1) is 13.3. The van der Waals surface area contributed by atoms with Gasteiger partial charge in [-0.3, -0.25) is 4.90 Å². The average molecular weight is 286 g/mol. The van der Waals surface area contributed by atoms with Crippen LogP contribution in [0.3, 0.4) is 0 Å². The summed E-state index contributed by atoms with van der Waals surface area (Å²) in [5.41, 5.74) is 3.15. The normalized spacial score (nSPS) is 24.9. The van der Waals surface area contributed by atoms with Crippen molar-refractivity contribution in [3.63, 3.8) is 0 Å². The summed E-state index contributed by atoms with van der Waals surface area (Å²) in [6, 6.07) is 6.91. The van der Waals surface area contributed by atoms with E-state index in [1.807, 2.05) is 6.07 Å². The van der Waals surface area contributed by atoms with Crippen molar-refractivity contribution in [2.75, 3.05) is 26.3 Å². The van der Waals surface area contributed by atoms with Crippen LogP contribution in [0.25, 0.3) is 11.1 Å². The maximum absolute atomic E-state index is 5.98. The molecule has 0 bridgehead atoms. The summed E-state index contributed by atoms with van der Waals surface area (Å²) < 4.78 is 11.4. The quantitative estimate of drug-likeness (QED) is 0.850. The zero-order chi connectivity index (χ0) is 14.2. The van der Waals surface area contributed by atoms with Gasteiger partial charge in [-0.05, 0) is 50.4 Å². The van der Waals surface area contributed by atoms with Crippen LogP contribution < -0.4 is 0 Å². The van der Waals surface area contributed by atoms with Gasteiger partial charge < -0.3 is 9.15 Å². The van der Waals surface area contributed by atoms with Gasteiger partial charge in [-0.2, -0.15) is 0 Å². The average Bonchev–Trinajstić information content (AvgIpc) is 3.14. The summed E-state index contributed by atoms with van der Waals surface area (Å²) in [6.07, 6.45) is 3.49. The van der Waals surface area contributed by atoms with Crippen molar-refractivity contribution >= 4 is 11.1 Å². The van der Waals surface area contributed by atoms with Gasteiger partial charge in [0.25, 0.3) is 0 Å². The third-order valence-corrected chi connectivity index (χ3v) is 4.84. The zero-order valence-corrected chi connectivity index (χ0v) is 12.5. The molecule has 1 unspecified atom stereocenters. The predicted molar refractivity (Wildman–Crippen MR) is 81.5 cm³/mol. The van der Waals surface area contributed by atoms with Gasteiger partial charge in [-0.25, -0.2) is 4.98 Å². The van der Waals surface area contributed by atoms with Gasteiger partial charge in [-0.1, -0.05) is 6.07 Å². The fraction of sp³-hybridized carbons (Fsp3) is 0.588. The van der Waals surface area contributed by atoms with Crippen molar-refractivity contribution in [1.82, 2.24) is 9.88 Å². The van der Waals surface area contributed by atoms with Gasteiger partial charge >= 0.3 is 0 Å². The van der Waals surface area contributed by atoms with Crippen molar-refractivity contribution in [1.29, 1.82) is 0 Å². The SMILES string of the molecule is Cc1ccc2oc(C3CCN(C4CCOCC4)C3)nc2c1. The lowest BCUT2D eigenvalue weighted by molar-refractivity contribution is 0.0417. The zero-order valence-electron chi connectivity index (χ0n) is 12.5. The van der Waals surface area contributed by atoms with E-state index < -0.39 is 0 Å². The minimum absolute atomic E-state index is 0.445. The highest BCUT2D eigenvalue weighted by molar-refractivity contribution is 5.73. The summed E-state index contributed by atoms with van der Waals surface area (Å²) >= 11 is 0. The van der Waals surface area contributed by atoms with E-state index in [0.717, 1.165) is 49.7 Å². The van der Waals surface area contributed by atoms with Crippen LogP contribution in [-0.4, -0.2) is 42.2 Å². The largest absolute Gasteiger partial charge is 0.440 e. The maximum Gasteiger partial charge on any atom is 0.199 e.